The van der Waals surface area contributed by atoms with Gasteiger partial charge in [0.05, 0.1) is 0 Å². The predicted octanol–water partition coefficient (Wildman–Crippen LogP) is 3.70. The Morgan fingerprint density at radius 1 is 1.19 bits per heavy atom. The normalized spacial score (nSPS) is 23.9. The van der Waals surface area contributed by atoms with Gasteiger partial charge in [-0.1, -0.05) is 36.4 Å². The van der Waals surface area contributed by atoms with Crippen LogP contribution in [0.15, 0.2) is 48.5 Å². The van der Waals surface area contributed by atoms with Crippen LogP contribution in [0.3, 0.4) is 0 Å². The lowest BCUT2D eigenvalue weighted by Gasteiger charge is -2.26. The van der Waals surface area contributed by atoms with Crippen molar-refractivity contribution in [1.82, 2.24) is 10.0 Å². The molecule has 6 heteroatoms. The molecule has 0 aromatic heterocycles. The minimum Gasteiger partial charge on any atom is -0.444 e. The molecule has 2 aliphatic rings. The van der Waals surface area contributed by atoms with E-state index >= 15 is 0 Å². The van der Waals surface area contributed by atoms with Gasteiger partial charge in [0.2, 0.25) is 0 Å². The zero-order valence-corrected chi connectivity index (χ0v) is 15.6. The van der Waals surface area contributed by atoms with Crippen LogP contribution in [0.2, 0.25) is 0 Å². The maximum Gasteiger partial charge on any atom is 0.411 e. The molecule has 4 rings (SSSR count). The fourth-order valence-electron chi connectivity index (χ4n) is 4.04. The zero-order valence-electron chi connectivity index (χ0n) is 15.6. The van der Waals surface area contributed by atoms with Gasteiger partial charge in [0, 0.05) is 32.9 Å². The van der Waals surface area contributed by atoms with E-state index in [2.05, 4.69) is 15.3 Å². The molecule has 1 saturated heterocycles. The molecule has 1 heterocycles. The Bertz CT molecular complexity index is 815. The second-order valence-corrected chi connectivity index (χ2v) is 7.50. The number of nitrogens with zero attached hydrogens (tertiary/aromatic N) is 2. The Morgan fingerprint density at radius 3 is 2.52 bits per heavy atom. The molecule has 1 unspecified atom stereocenters. The summed E-state index contributed by atoms with van der Waals surface area (Å²) in [5, 5.41) is 6.99. The molecule has 1 saturated carbocycles. The highest BCUT2D eigenvalue weighted by Gasteiger charge is 2.57. The van der Waals surface area contributed by atoms with E-state index in [9.17, 15) is 9.18 Å². The number of benzene rings is 2. The van der Waals surface area contributed by atoms with Crippen molar-refractivity contribution < 1.29 is 13.9 Å². The molecule has 1 aliphatic heterocycles. The van der Waals surface area contributed by atoms with Gasteiger partial charge in [-0.25, -0.2) is 19.2 Å². The van der Waals surface area contributed by atoms with Crippen molar-refractivity contribution in [3.8, 4) is 0 Å². The van der Waals surface area contributed by atoms with Crippen LogP contribution in [0.1, 0.15) is 17.0 Å². The van der Waals surface area contributed by atoms with Crippen molar-refractivity contribution in [2.75, 3.05) is 32.5 Å². The molecule has 2 aromatic carbocycles. The molecule has 2 fully saturated rings. The third kappa shape index (κ3) is 3.82. The Hall–Kier alpha value is -2.44. The van der Waals surface area contributed by atoms with E-state index in [1.54, 1.807) is 12.1 Å². The first-order valence-electron chi connectivity index (χ1n) is 9.22. The van der Waals surface area contributed by atoms with Crippen LogP contribution < -0.4 is 5.32 Å². The molecule has 2 aromatic rings. The van der Waals surface area contributed by atoms with Gasteiger partial charge in [0.15, 0.2) is 0 Å². The maximum atomic E-state index is 14.6. The maximum absolute atomic E-state index is 14.6. The minimum atomic E-state index is -0.587. The van der Waals surface area contributed by atoms with Crippen LogP contribution in [0.4, 0.5) is 14.9 Å². The highest BCUT2D eigenvalue weighted by atomic mass is 19.1. The average Bonchev–Trinajstić information content (AvgIpc) is 3.12. The highest BCUT2D eigenvalue weighted by molar-refractivity contribution is 5.84. The third-order valence-corrected chi connectivity index (χ3v) is 5.56. The number of rotatable bonds is 5. The smallest absolute Gasteiger partial charge is 0.411 e. The summed E-state index contributed by atoms with van der Waals surface area (Å²) in [6.07, 6.45) is -0.587. The van der Waals surface area contributed by atoms with Crippen LogP contribution in [0.5, 0.6) is 0 Å². The number of anilines is 1. The number of fused-ring (bicyclic) bond motifs is 1. The van der Waals surface area contributed by atoms with E-state index in [1.807, 2.05) is 44.4 Å². The van der Waals surface area contributed by atoms with Gasteiger partial charge < -0.3 is 4.74 Å². The second-order valence-electron chi connectivity index (χ2n) is 7.50. The topological polar surface area (TPSA) is 44.8 Å². The van der Waals surface area contributed by atoms with Crippen LogP contribution in [0.25, 0.3) is 0 Å². The first-order valence-corrected chi connectivity index (χ1v) is 9.22. The van der Waals surface area contributed by atoms with E-state index in [0.717, 1.165) is 24.2 Å². The van der Waals surface area contributed by atoms with Gasteiger partial charge in [-0.05, 0) is 41.0 Å². The fourth-order valence-corrected chi connectivity index (χ4v) is 4.04. The number of hydrogen-bond donors (Lipinski definition) is 1. The van der Waals surface area contributed by atoms with Crippen molar-refractivity contribution in [2.24, 2.45) is 11.8 Å². The number of hydrogen-bond acceptors (Lipinski definition) is 4. The van der Waals surface area contributed by atoms with Gasteiger partial charge in [-0.15, -0.1) is 0 Å². The Morgan fingerprint density at radius 2 is 1.89 bits per heavy atom. The third-order valence-electron chi connectivity index (χ3n) is 5.56. The Kier molecular flexibility index (Phi) is 4.85. The number of carbonyl (C=O) groups excluding carboxylic acids is 1. The molecular formula is C21H24FN3O2. The predicted molar refractivity (Wildman–Crippen MR) is 102 cm³/mol. The fraction of sp³-hybridized carbons (Fsp3) is 0.381. The molecule has 1 N–H and O–H groups in total. The SMILES string of the molecule is CN(C)N1C[C@@H]2C(c3ccc(NC(=O)OCc4ccccc4)cc3F)[C@@H]2C1. The van der Waals surface area contributed by atoms with Gasteiger partial charge in [-0.2, -0.15) is 0 Å². The largest absolute Gasteiger partial charge is 0.444 e. The summed E-state index contributed by atoms with van der Waals surface area (Å²) < 4.78 is 19.8. The molecule has 3 atom stereocenters. The molecule has 0 bridgehead atoms. The summed E-state index contributed by atoms with van der Waals surface area (Å²) >= 11 is 0. The van der Waals surface area contributed by atoms with Crippen LogP contribution in [-0.2, 0) is 11.3 Å². The van der Waals surface area contributed by atoms with Gasteiger partial charge >= 0.3 is 6.09 Å². The summed E-state index contributed by atoms with van der Waals surface area (Å²) in [6.45, 7) is 2.14. The van der Waals surface area contributed by atoms with Gasteiger partial charge in [0.25, 0.3) is 0 Å². The lowest BCUT2D eigenvalue weighted by atomic mass is 10.1. The van der Waals surface area contributed by atoms with E-state index in [0.29, 0.717) is 23.4 Å². The van der Waals surface area contributed by atoms with Gasteiger partial charge in [0.1, 0.15) is 12.4 Å². The van der Waals surface area contributed by atoms with Crippen molar-refractivity contribution in [3.05, 3.63) is 65.5 Å². The van der Waals surface area contributed by atoms with E-state index < -0.39 is 6.09 Å². The summed E-state index contributed by atoms with van der Waals surface area (Å²) in [6, 6.07) is 14.4. The van der Waals surface area contributed by atoms with Crippen molar-refractivity contribution in [3.63, 3.8) is 0 Å². The lowest BCUT2D eigenvalue weighted by Crippen LogP contribution is -2.36. The standard InChI is InChI=1S/C21H24FN3O2/c1-24(2)25-11-17-18(12-25)20(17)16-9-8-15(10-19(16)22)23-21(26)27-13-14-6-4-3-5-7-14/h3-10,17-18,20H,11-13H2,1-2H3,(H,23,26)/t17-,18+,20?. The molecule has 0 radical (unpaired) electrons. The summed E-state index contributed by atoms with van der Waals surface area (Å²) in [5.41, 5.74) is 2.07. The Labute approximate surface area is 158 Å². The molecule has 27 heavy (non-hydrogen) atoms. The molecule has 142 valence electrons. The molecular weight excluding hydrogens is 345 g/mol. The summed E-state index contributed by atoms with van der Waals surface area (Å²) in [4.78, 5) is 11.9. The number of piperidine rings is 1. The first-order chi connectivity index (χ1) is 13.0. The summed E-state index contributed by atoms with van der Waals surface area (Å²) in [7, 11) is 4.08. The summed E-state index contributed by atoms with van der Waals surface area (Å²) in [5.74, 6) is 1.08. The molecule has 1 amide bonds. The molecule has 1 aliphatic carbocycles. The zero-order chi connectivity index (χ0) is 19.0. The molecule has 5 nitrogen and oxygen atoms in total. The molecule has 0 spiro atoms. The Balaban J connectivity index is 1.32. The minimum absolute atomic E-state index is 0.182. The number of nitrogens with one attached hydrogen (secondary N) is 1. The van der Waals surface area contributed by atoms with Crippen LogP contribution >= 0.6 is 0 Å². The number of hydrazine groups is 1. The number of amides is 1. The van der Waals surface area contributed by atoms with E-state index in [-0.39, 0.29) is 12.4 Å². The van der Waals surface area contributed by atoms with Crippen molar-refractivity contribution in [2.45, 2.75) is 12.5 Å². The average molecular weight is 369 g/mol. The highest BCUT2D eigenvalue weighted by Crippen LogP contribution is 2.58. The number of carbonyl (C=O) groups is 1. The first kappa shape index (κ1) is 17.9. The number of ether oxygens (including phenoxy) is 1. The monoisotopic (exact) mass is 369 g/mol. The number of halogens is 1. The van der Waals surface area contributed by atoms with Gasteiger partial charge in [-0.3, -0.25) is 5.32 Å². The van der Waals surface area contributed by atoms with Crippen LogP contribution in [0, 0.1) is 17.7 Å². The van der Waals surface area contributed by atoms with E-state index in [1.165, 1.54) is 6.07 Å². The second kappa shape index (κ2) is 7.29. The quantitative estimate of drug-likeness (QED) is 0.873. The van der Waals surface area contributed by atoms with Crippen molar-refractivity contribution >= 4 is 11.8 Å². The van der Waals surface area contributed by atoms with E-state index in [4.69, 9.17) is 4.74 Å². The van der Waals surface area contributed by atoms with Crippen molar-refractivity contribution in [1.29, 1.82) is 0 Å². The lowest BCUT2D eigenvalue weighted by molar-refractivity contribution is 0.0378. The van der Waals surface area contributed by atoms with Crippen LogP contribution in [-0.4, -0.2) is 43.3 Å².